The van der Waals surface area contributed by atoms with Gasteiger partial charge in [-0.25, -0.2) is 0 Å². The minimum absolute atomic E-state index is 0.0121. The number of nitrogens with one attached hydrogen (secondary N) is 2. The lowest BCUT2D eigenvalue weighted by atomic mass is 10.1. The van der Waals surface area contributed by atoms with E-state index in [1.807, 2.05) is 61.5 Å². The van der Waals surface area contributed by atoms with E-state index in [1.54, 1.807) is 0 Å². The molecular formula is C21H22N2O3. The molecule has 0 radical (unpaired) electrons. The maximum Gasteiger partial charge on any atom is 0.250 e. The van der Waals surface area contributed by atoms with Crippen LogP contribution in [0.2, 0.25) is 0 Å². The van der Waals surface area contributed by atoms with Gasteiger partial charge in [-0.3, -0.25) is 9.59 Å². The molecule has 5 heteroatoms. The van der Waals surface area contributed by atoms with Gasteiger partial charge in [0, 0.05) is 24.2 Å². The molecular weight excluding hydrogens is 328 g/mol. The molecule has 2 aromatic rings. The first-order valence-electron chi connectivity index (χ1n) is 8.75. The number of hydrogen-bond donors (Lipinski definition) is 2. The summed E-state index contributed by atoms with van der Waals surface area (Å²) in [5.74, 6) is 0.669. The van der Waals surface area contributed by atoms with Gasteiger partial charge in [-0.2, -0.15) is 0 Å². The van der Waals surface area contributed by atoms with Crippen molar-refractivity contribution in [2.45, 2.75) is 26.3 Å². The summed E-state index contributed by atoms with van der Waals surface area (Å²) in [7, 11) is 0. The second-order valence-corrected chi connectivity index (χ2v) is 6.17. The summed E-state index contributed by atoms with van der Waals surface area (Å²) in [6, 6.07) is 15.1. The van der Waals surface area contributed by atoms with Crippen LogP contribution in [0, 0.1) is 0 Å². The number of benzene rings is 2. The number of hydrogen-bond acceptors (Lipinski definition) is 3. The third-order valence-corrected chi connectivity index (χ3v) is 4.09. The second kappa shape index (κ2) is 8.34. The molecule has 0 fully saturated rings. The summed E-state index contributed by atoms with van der Waals surface area (Å²) < 4.78 is 5.61. The lowest BCUT2D eigenvalue weighted by Gasteiger charge is -2.17. The van der Waals surface area contributed by atoms with Gasteiger partial charge in [-0.1, -0.05) is 37.3 Å². The highest BCUT2D eigenvalue weighted by Gasteiger charge is 2.16. The molecule has 2 aromatic carbocycles. The van der Waals surface area contributed by atoms with Crippen molar-refractivity contribution in [1.82, 2.24) is 5.32 Å². The van der Waals surface area contributed by atoms with Gasteiger partial charge >= 0.3 is 0 Å². The van der Waals surface area contributed by atoms with Crippen molar-refractivity contribution in [3.63, 3.8) is 0 Å². The fourth-order valence-electron chi connectivity index (χ4n) is 2.70. The normalized spacial score (nSPS) is 12.4. The molecule has 0 saturated carbocycles. The van der Waals surface area contributed by atoms with Gasteiger partial charge < -0.3 is 15.4 Å². The third kappa shape index (κ3) is 4.51. The quantitative estimate of drug-likeness (QED) is 0.838. The number of fused-ring (bicyclic) bond motifs is 1. The number of amides is 2. The summed E-state index contributed by atoms with van der Waals surface area (Å²) in [6.07, 6.45) is 3.19. The first kappa shape index (κ1) is 17.7. The molecule has 0 aromatic heterocycles. The fourth-order valence-corrected chi connectivity index (χ4v) is 2.70. The van der Waals surface area contributed by atoms with Crippen molar-refractivity contribution in [3.8, 4) is 5.75 Å². The zero-order valence-corrected chi connectivity index (χ0v) is 14.7. The van der Waals surface area contributed by atoms with E-state index in [4.69, 9.17) is 4.74 Å². The van der Waals surface area contributed by atoms with Crippen molar-refractivity contribution in [2.24, 2.45) is 0 Å². The number of rotatable bonds is 6. The molecule has 3 rings (SSSR count). The Labute approximate surface area is 153 Å². The molecule has 26 heavy (non-hydrogen) atoms. The molecule has 1 aliphatic heterocycles. The lowest BCUT2D eigenvalue weighted by molar-refractivity contribution is -0.118. The standard InChI is InChI=1S/C21H22N2O3/c1-2-5-20(24)23-18-10-8-15(9-11-18)13-22-21(25)17-12-16-6-3-4-7-19(16)26-14-17/h3-4,6-12H,2,5,13-14H2,1H3,(H,22,25)(H,23,24). The zero-order valence-electron chi connectivity index (χ0n) is 14.7. The maximum absolute atomic E-state index is 12.3. The molecule has 0 atom stereocenters. The van der Waals surface area contributed by atoms with E-state index in [9.17, 15) is 9.59 Å². The Balaban J connectivity index is 1.55. The van der Waals surface area contributed by atoms with E-state index in [2.05, 4.69) is 10.6 Å². The maximum atomic E-state index is 12.3. The van der Waals surface area contributed by atoms with Gasteiger partial charge in [0.2, 0.25) is 5.91 Å². The number of para-hydroxylation sites is 1. The van der Waals surface area contributed by atoms with Crippen LogP contribution in [0.5, 0.6) is 5.75 Å². The Hall–Kier alpha value is -3.08. The number of carbonyl (C=O) groups is 2. The summed E-state index contributed by atoms with van der Waals surface area (Å²) >= 11 is 0. The van der Waals surface area contributed by atoms with Gasteiger partial charge in [0.05, 0.1) is 5.57 Å². The van der Waals surface area contributed by atoms with Crippen molar-refractivity contribution in [3.05, 3.63) is 65.2 Å². The first-order chi connectivity index (χ1) is 12.7. The molecule has 0 bridgehead atoms. The number of ether oxygens (including phenoxy) is 1. The lowest BCUT2D eigenvalue weighted by Crippen LogP contribution is -2.28. The minimum Gasteiger partial charge on any atom is -0.488 e. The van der Waals surface area contributed by atoms with Crippen LogP contribution in [0.15, 0.2) is 54.1 Å². The fraction of sp³-hybridized carbons (Fsp3) is 0.238. The average Bonchev–Trinajstić information content (AvgIpc) is 2.67. The highest BCUT2D eigenvalue weighted by atomic mass is 16.5. The van der Waals surface area contributed by atoms with E-state index < -0.39 is 0 Å². The number of carbonyl (C=O) groups excluding carboxylic acids is 2. The molecule has 0 unspecified atom stereocenters. The predicted octanol–water partition coefficient (Wildman–Crippen LogP) is 3.52. The number of anilines is 1. The van der Waals surface area contributed by atoms with Crippen LogP contribution >= 0.6 is 0 Å². The topological polar surface area (TPSA) is 67.4 Å². The second-order valence-electron chi connectivity index (χ2n) is 6.17. The van der Waals surface area contributed by atoms with E-state index in [-0.39, 0.29) is 18.4 Å². The van der Waals surface area contributed by atoms with Crippen LogP contribution in [-0.2, 0) is 16.1 Å². The van der Waals surface area contributed by atoms with E-state index in [0.29, 0.717) is 18.5 Å². The van der Waals surface area contributed by atoms with Gasteiger partial charge in [0.15, 0.2) is 0 Å². The molecule has 2 N–H and O–H groups in total. The molecule has 1 aliphatic rings. The Bertz CT molecular complexity index is 825. The Kier molecular flexibility index (Phi) is 5.69. The molecule has 0 saturated heterocycles. The monoisotopic (exact) mass is 350 g/mol. The average molecular weight is 350 g/mol. The van der Waals surface area contributed by atoms with Gasteiger partial charge in [0.25, 0.3) is 5.91 Å². The van der Waals surface area contributed by atoms with Crippen LogP contribution in [0.1, 0.15) is 30.9 Å². The van der Waals surface area contributed by atoms with Crippen LogP contribution in [0.25, 0.3) is 6.08 Å². The van der Waals surface area contributed by atoms with Crippen LogP contribution in [-0.4, -0.2) is 18.4 Å². The molecule has 0 aliphatic carbocycles. The Morgan fingerprint density at radius 3 is 2.62 bits per heavy atom. The molecule has 0 spiro atoms. The molecule has 134 valence electrons. The minimum atomic E-state index is -0.139. The summed E-state index contributed by atoms with van der Waals surface area (Å²) in [5.41, 5.74) is 3.24. The van der Waals surface area contributed by atoms with Gasteiger partial charge in [-0.05, 0) is 36.3 Å². The first-order valence-corrected chi connectivity index (χ1v) is 8.75. The van der Waals surface area contributed by atoms with Crippen molar-refractivity contribution in [1.29, 1.82) is 0 Å². The van der Waals surface area contributed by atoms with Crippen molar-refractivity contribution in [2.75, 3.05) is 11.9 Å². The Morgan fingerprint density at radius 1 is 1.08 bits per heavy atom. The SMILES string of the molecule is CCCC(=O)Nc1ccc(CNC(=O)C2=Cc3ccccc3OC2)cc1. The van der Waals surface area contributed by atoms with Gasteiger partial charge in [-0.15, -0.1) is 0 Å². The van der Waals surface area contributed by atoms with Crippen LogP contribution < -0.4 is 15.4 Å². The third-order valence-electron chi connectivity index (χ3n) is 4.09. The van der Waals surface area contributed by atoms with Gasteiger partial charge in [0.1, 0.15) is 12.4 Å². The van der Waals surface area contributed by atoms with E-state index in [0.717, 1.165) is 29.0 Å². The smallest absolute Gasteiger partial charge is 0.250 e. The zero-order chi connectivity index (χ0) is 18.4. The molecule has 2 amide bonds. The summed E-state index contributed by atoms with van der Waals surface area (Å²) in [4.78, 5) is 23.9. The highest BCUT2D eigenvalue weighted by Crippen LogP contribution is 2.25. The van der Waals surface area contributed by atoms with Crippen molar-refractivity contribution < 1.29 is 14.3 Å². The molecule has 5 nitrogen and oxygen atoms in total. The predicted molar refractivity (Wildman–Crippen MR) is 102 cm³/mol. The van der Waals surface area contributed by atoms with Crippen LogP contribution in [0.4, 0.5) is 5.69 Å². The summed E-state index contributed by atoms with van der Waals surface area (Å²) in [6.45, 7) is 2.66. The van der Waals surface area contributed by atoms with Crippen LogP contribution in [0.3, 0.4) is 0 Å². The molecule has 1 heterocycles. The largest absolute Gasteiger partial charge is 0.488 e. The summed E-state index contributed by atoms with van der Waals surface area (Å²) in [5, 5.41) is 5.75. The van der Waals surface area contributed by atoms with E-state index in [1.165, 1.54) is 0 Å². The highest BCUT2D eigenvalue weighted by molar-refractivity contribution is 5.99. The Morgan fingerprint density at radius 2 is 1.85 bits per heavy atom. The van der Waals surface area contributed by atoms with Crippen molar-refractivity contribution >= 4 is 23.6 Å². The van der Waals surface area contributed by atoms with E-state index >= 15 is 0 Å².